The fourth-order valence-corrected chi connectivity index (χ4v) is 0. The summed E-state index contributed by atoms with van der Waals surface area (Å²) in [6, 6.07) is 0. The van der Waals surface area contributed by atoms with Crippen LogP contribution in [0.5, 0.6) is 0 Å². The van der Waals surface area contributed by atoms with E-state index in [4.69, 9.17) is 25.2 Å². The first-order valence-corrected chi connectivity index (χ1v) is 5.48. The Morgan fingerprint density at radius 1 is 0.833 bits per heavy atom. The van der Waals surface area contributed by atoms with E-state index in [1.54, 1.807) is 13.8 Å². The standard InChI is InChI=1S/2C5H14NO.CH2O3/c2*1-5(7)6(2,3)4;2-1(3)4/h2*5,7H,1-4H3;(H2,2,3,4)/q2*+1;/p-2. The maximum Gasteiger partial charge on any atom is 0.187 e. The van der Waals surface area contributed by atoms with E-state index in [9.17, 15) is 0 Å². The molecule has 0 fully saturated rings. The number of aliphatic hydroxyl groups is 2. The summed E-state index contributed by atoms with van der Waals surface area (Å²) in [7, 11) is 11.7. The van der Waals surface area contributed by atoms with Crippen molar-refractivity contribution >= 4 is 6.16 Å². The Morgan fingerprint density at radius 2 is 0.889 bits per heavy atom. The minimum absolute atomic E-state index is 0.264. The molecule has 0 bridgehead atoms. The summed E-state index contributed by atoms with van der Waals surface area (Å²) >= 11 is 0. The molecule has 7 nitrogen and oxygen atoms in total. The summed E-state index contributed by atoms with van der Waals surface area (Å²) in [4.78, 5) is 8.33. The zero-order valence-corrected chi connectivity index (χ0v) is 12.7. The average Bonchev–Trinajstić information content (AvgIpc) is 1.99. The largest absolute Gasteiger partial charge is 0.652 e. The monoisotopic (exact) mass is 268 g/mol. The van der Waals surface area contributed by atoms with E-state index < -0.39 is 6.16 Å². The number of quaternary nitrogens is 2. The molecule has 0 aromatic carbocycles. The zero-order chi connectivity index (χ0) is 15.7. The predicted molar refractivity (Wildman–Crippen MR) is 64.8 cm³/mol. The Kier molecular flexibility index (Phi) is 11.3. The van der Waals surface area contributed by atoms with E-state index in [0.717, 1.165) is 0 Å². The second kappa shape index (κ2) is 9.09. The lowest BCUT2D eigenvalue weighted by atomic mass is 10.5. The molecule has 112 valence electrons. The lowest BCUT2D eigenvalue weighted by Crippen LogP contribution is -2.42. The molecule has 0 aliphatic carbocycles. The Balaban J connectivity index is -0.000000196. The van der Waals surface area contributed by atoms with Crippen molar-refractivity contribution in [1.82, 2.24) is 0 Å². The van der Waals surface area contributed by atoms with Crippen LogP contribution in [0.4, 0.5) is 4.79 Å². The minimum Gasteiger partial charge on any atom is -0.652 e. The van der Waals surface area contributed by atoms with Crippen molar-refractivity contribution < 1.29 is 34.2 Å². The van der Waals surface area contributed by atoms with Gasteiger partial charge in [0.05, 0.1) is 42.3 Å². The number of carbonyl (C=O) groups excluding carboxylic acids is 1. The minimum atomic E-state index is -2.33. The zero-order valence-electron chi connectivity index (χ0n) is 12.7. The molecule has 2 atom stereocenters. The summed E-state index contributed by atoms with van der Waals surface area (Å²) in [5, 5.41) is 34.4. The van der Waals surface area contributed by atoms with Crippen molar-refractivity contribution in [3.63, 3.8) is 0 Å². The second-order valence-corrected chi connectivity index (χ2v) is 5.75. The van der Waals surface area contributed by atoms with Crippen LogP contribution in [-0.4, -0.2) is 80.1 Å². The van der Waals surface area contributed by atoms with E-state index >= 15 is 0 Å². The fourth-order valence-electron chi connectivity index (χ4n) is 0. The van der Waals surface area contributed by atoms with Gasteiger partial charge >= 0.3 is 0 Å². The number of carbonyl (C=O) groups is 1. The molecule has 0 aromatic heterocycles. The molecule has 0 spiro atoms. The summed E-state index contributed by atoms with van der Waals surface area (Å²) in [5.41, 5.74) is 0. The maximum atomic E-state index is 8.86. The van der Waals surface area contributed by atoms with Gasteiger partial charge in [0, 0.05) is 13.8 Å². The van der Waals surface area contributed by atoms with Crippen molar-refractivity contribution in [2.24, 2.45) is 0 Å². The quantitative estimate of drug-likeness (QED) is 0.430. The van der Waals surface area contributed by atoms with Gasteiger partial charge in [-0.2, -0.15) is 0 Å². The van der Waals surface area contributed by atoms with Crippen LogP contribution in [0.25, 0.3) is 0 Å². The molecule has 0 aliphatic heterocycles. The molecule has 0 rings (SSSR count). The highest BCUT2D eigenvalue weighted by Crippen LogP contribution is 1.95. The Bertz CT molecular complexity index is 194. The predicted octanol–water partition coefficient (Wildman–Crippen LogP) is -2.39. The Hall–Kier alpha value is -0.890. The molecule has 0 saturated heterocycles. The first-order chi connectivity index (χ1) is 7.62. The fraction of sp³-hybridized carbons (Fsp3) is 0.909. The Labute approximate surface area is 110 Å². The van der Waals surface area contributed by atoms with Gasteiger partial charge in [-0.25, -0.2) is 0 Å². The Morgan fingerprint density at radius 3 is 0.889 bits per heavy atom. The number of nitrogens with zero attached hydrogens (tertiary/aromatic N) is 2. The van der Waals surface area contributed by atoms with Gasteiger partial charge in [0.15, 0.2) is 12.5 Å². The maximum absolute atomic E-state index is 8.86. The molecule has 2 unspecified atom stereocenters. The van der Waals surface area contributed by atoms with Crippen LogP contribution in [0.15, 0.2) is 0 Å². The highest BCUT2D eigenvalue weighted by atomic mass is 16.6. The number of rotatable bonds is 2. The number of carboxylic acid groups (broad SMARTS) is 2. The SMILES string of the molecule is CC(O)[N+](C)(C)C.CC(O)[N+](C)(C)C.O=C([O-])[O-]. The molecular weight excluding hydrogens is 240 g/mol. The third-order valence-corrected chi connectivity index (χ3v) is 2.24. The molecule has 0 heterocycles. The van der Waals surface area contributed by atoms with Crippen molar-refractivity contribution in [2.45, 2.75) is 26.3 Å². The highest BCUT2D eigenvalue weighted by molar-refractivity contribution is 5.47. The van der Waals surface area contributed by atoms with Crippen molar-refractivity contribution in [2.75, 3.05) is 42.3 Å². The molecule has 0 radical (unpaired) electrons. The van der Waals surface area contributed by atoms with Gasteiger partial charge in [-0.1, -0.05) is 0 Å². The van der Waals surface area contributed by atoms with Crippen LogP contribution in [0, 0.1) is 0 Å². The lowest BCUT2D eigenvalue weighted by Gasteiger charge is -2.26. The van der Waals surface area contributed by atoms with Gasteiger partial charge in [-0.3, -0.25) is 0 Å². The average molecular weight is 268 g/mol. The van der Waals surface area contributed by atoms with Crippen LogP contribution in [0.1, 0.15) is 13.8 Å². The summed E-state index contributed by atoms with van der Waals surface area (Å²) in [6.07, 6.45) is -2.86. The number of hydrogen-bond donors (Lipinski definition) is 2. The first-order valence-electron chi connectivity index (χ1n) is 5.48. The van der Waals surface area contributed by atoms with Crippen LogP contribution in [0.3, 0.4) is 0 Å². The van der Waals surface area contributed by atoms with Crippen molar-refractivity contribution in [3.05, 3.63) is 0 Å². The number of aliphatic hydroxyl groups excluding tert-OH is 2. The van der Waals surface area contributed by atoms with Crippen LogP contribution < -0.4 is 10.2 Å². The summed E-state index contributed by atoms with van der Waals surface area (Å²) in [6.45, 7) is 3.56. The van der Waals surface area contributed by atoms with Gasteiger partial charge in [-0.05, 0) is 6.16 Å². The summed E-state index contributed by atoms with van der Waals surface area (Å²) < 4.78 is 1.22. The first kappa shape index (κ1) is 22.3. The molecule has 0 aromatic rings. The smallest absolute Gasteiger partial charge is 0.187 e. The van der Waals surface area contributed by atoms with E-state index in [-0.39, 0.29) is 12.5 Å². The lowest BCUT2D eigenvalue weighted by molar-refractivity contribution is -0.916. The van der Waals surface area contributed by atoms with Gasteiger partial charge in [0.2, 0.25) is 0 Å². The van der Waals surface area contributed by atoms with Gasteiger partial charge in [-0.15, -0.1) is 0 Å². The molecular formula is C11H28N2O5. The third-order valence-electron chi connectivity index (χ3n) is 2.24. The van der Waals surface area contributed by atoms with Gasteiger partial charge in [0.1, 0.15) is 0 Å². The molecule has 2 N–H and O–H groups in total. The molecule has 0 saturated carbocycles. The third kappa shape index (κ3) is 24.4. The number of hydrogen-bond acceptors (Lipinski definition) is 5. The molecule has 0 amide bonds. The van der Waals surface area contributed by atoms with E-state index in [2.05, 4.69) is 0 Å². The van der Waals surface area contributed by atoms with Gasteiger partial charge < -0.3 is 34.2 Å². The van der Waals surface area contributed by atoms with E-state index in [1.165, 1.54) is 0 Å². The van der Waals surface area contributed by atoms with Crippen molar-refractivity contribution in [3.8, 4) is 0 Å². The van der Waals surface area contributed by atoms with Crippen LogP contribution >= 0.6 is 0 Å². The highest BCUT2D eigenvalue weighted by Gasteiger charge is 2.12. The van der Waals surface area contributed by atoms with E-state index in [0.29, 0.717) is 8.97 Å². The van der Waals surface area contributed by atoms with E-state index in [1.807, 2.05) is 42.3 Å². The summed E-state index contributed by atoms with van der Waals surface area (Å²) in [5.74, 6) is 0. The molecule has 18 heavy (non-hydrogen) atoms. The second-order valence-electron chi connectivity index (χ2n) is 5.75. The molecule has 0 aliphatic rings. The molecule has 7 heteroatoms. The van der Waals surface area contributed by atoms with Crippen LogP contribution in [-0.2, 0) is 0 Å². The topological polar surface area (TPSA) is 104 Å². The van der Waals surface area contributed by atoms with Crippen molar-refractivity contribution in [1.29, 1.82) is 0 Å². The van der Waals surface area contributed by atoms with Crippen LogP contribution in [0.2, 0.25) is 0 Å². The van der Waals surface area contributed by atoms with Gasteiger partial charge in [0.25, 0.3) is 0 Å². The normalized spacial score (nSPS) is 14.3.